The van der Waals surface area contributed by atoms with Crippen molar-refractivity contribution in [3.05, 3.63) is 77.2 Å². The summed E-state index contributed by atoms with van der Waals surface area (Å²) in [6, 6.07) is 19.1. The second-order valence-electron chi connectivity index (χ2n) is 6.77. The van der Waals surface area contributed by atoms with Gasteiger partial charge in [0.2, 0.25) is 0 Å². The van der Waals surface area contributed by atoms with E-state index < -0.39 is 10.0 Å². The summed E-state index contributed by atoms with van der Waals surface area (Å²) in [7, 11) is -3.55. The third-order valence-corrected chi connectivity index (χ3v) is 8.23. The first-order valence-corrected chi connectivity index (χ1v) is 12.5. The van der Waals surface area contributed by atoms with Crippen LogP contribution < -0.4 is 10.0 Å². The maximum Gasteiger partial charge on any atom is 0.271 e. The molecule has 5 nitrogen and oxygen atoms in total. The van der Waals surface area contributed by atoms with E-state index in [4.69, 9.17) is 4.99 Å². The van der Waals surface area contributed by atoms with Crippen LogP contribution in [0.2, 0.25) is 0 Å². The summed E-state index contributed by atoms with van der Waals surface area (Å²) in [5, 5.41) is 6.37. The molecule has 0 aliphatic carbocycles. The van der Waals surface area contributed by atoms with Gasteiger partial charge in [0.05, 0.1) is 6.54 Å². The number of thiophene rings is 1. The normalized spacial score (nSPS) is 18.0. The maximum atomic E-state index is 12.5. The number of thioether (sulfide) groups is 1. The summed E-state index contributed by atoms with van der Waals surface area (Å²) in [6.45, 7) is 2.78. The minimum absolute atomic E-state index is 0. The molecule has 1 unspecified atom stereocenters. The van der Waals surface area contributed by atoms with Crippen LogP contribution in [0.1, 0.15) is 20.9 Å². The number of hydrogen-bond donors (Lipinski definition) is 2. The van der Waals surface area contributed by atoms with Crippen molar-refractivity contribution in [2.75, 3.05) is 10.0 Å². The Morgan fingerprint density at radius 3 is 2.76 bits per heavy atom. The monoisotopic (exact) mass is 447 g/mol. The smallest absolute Gasteiger partial charge is 0.271 e. The number of hydrogen-bond acceptors (Lipinski definition) is 5. The number of nitrogens with zero attached hydrogens (tertiary/aromatic N) is 1. The Balaban J connectivity index is 0.00000171. The highest BCUT2D eigenvalue weighted by Gasteiger charge is 2.20. The molecule has 8 heteroatoms. The number of sulfonamides is 1. The van der Waals surface area contributed by atoms with Gasteiger partial charge in [-0.1, -0.05) is 55.1 Å². The highest BCUT2D eigenvalue weighted by atomic mass is 32.2. The summed E-state index contributed by atoms with van der Waals surface area (Å²) in [4.78, 5) is 4.74. The Labute approximate surface area is 182 Å². The molecular formula is C21H25N3O2S3. The predicted octanol–water partition coefficient (Wildman–Crippen LogP) is 5.69. The van der Waals surface area contributed by atoms with Gasteiger partial charge in [0, 0.05) is 19.5 Å². The molecule has 2 aromatic carbocycles. The first kappa shape index (κ1) is 20.0. The van der Waals surface area contributed by atoms with E-state index in [1.165, 1.54) is 11.3 Å². The van der Waals surface area contributed by atoms with Gasteiger partial charge in [0.15, 0.2) is 5.17 Å². The van der Waals surface area contributed by atoms with E-state index in [0.717, 1.165) is 28.4 Å². The van der Waals surface area contributed by atoms with Crippen LogP contribution in [-0.4, -0.2) is 18.8 Å². The SMILES string of the molecule is CC1Cc2cc(NS(=O)(=O)c3cccs3)ccc2NC(=NCc2ccccc2)S1.[HH].[HH]. The summed E-state index contributed by atoms with van der Waals surface area (Å²) >= 11 is 2.91. The lowest BCUT2D eigenvalue weighted by Gasteiger charge is -2.12. The molecule has 0 saturated carbocycles. The van der Waals surface area contributed by atoms with Gasteiger partial charge in [-0.15, -0.1) is 11.3 Å². The molecule has 29 heavy (non-hydrogen) atoms. The van der Waals surface area contributed by atoms with E-state index in [0.29, 0.717) is 21.7 Å². The van der Waals surface area contributed by atoms with Gasteiger partial charge in [-0.25, -0.2) is 8.42 Å². The molecule has 1 aliphatic rings. The largest absolute Gasteiger partial charge is 0.335 e. The fourth-order valence-electron chi connectivity index (χ4n) is 3.08. The Bertz CT molecular complexity index is 1120. The number of rotatable bonds is 5. The highest BCUT2D eigenvalue weighted by Crippen LogP contribution is 2.31. The predicted molar refractivity (Wildman–Crippen MR) is 128 cm³/mol. The minimum Gasteiger partial charge on any atom is -0.335 e. The lowest BCUT2D eigenvalue weighted by molar-refractivity contribution is 0.603. The Kier molecular flexibility index (Phi) is 5.94. The van der Waals surface area contributed by atoms with E-state index in [1.54, 1.807) is 35.3 Å². The van der Waals surface area contributed by atoms with Crippen LogP contribution in [0, 0.1) is 0 Å². The molecule has 154 valence electrons. The average Bonchev–Trinajstić information content (AvgIpc) is 3.19. The fraction of sp³-hybridized carbons (Fsp3) is 0.190. The third kappa shape index (κ3) is 5.01. The van der Waals surface area contributed by atoms with Gasteiger partial charge in [0.1, 0.15) is 4.21 Å². The quantitative estimate of drug-likeness (QED) is 0.527. The van der Waals surface area contributed by atoms with Crippen molar-refractivity contribution in [1.82, 2.24) is 0 Å². The van der Waals surface area contributed by atoms with Crippen LogP contribution in [0.4, 0.5) is 11.4 Å². The number of fused-ring (bicyclic) bond motifs is 1. The van der Waals surface area contributed by atoms with Gasteiger partial charge in [-0.3, -0.25) is 9.71 Å². The molecule has 0 spiro atoms. The lowest BCUT2D eigenvalue weighted by Crippen LogP contribution is -2.12. The molecule has 0 radical (unpaired) electrons. The molecule has 0 saturated heterocycles. The van der Waals surface area contributed by atoms with E-state index in [9.17, 15) is 8.42 Å². The van der Waals surface area contributed by atoms with Crippen molar-refractivity contribution >= 4 is 49.7 Å². The van der Waals surface area contributed by atoms with Gasteiger partial charge >= 0.3 is 0 Å². The van der Waals surface area contributed by atoms with E-state index >= 15 is 0 Å². The zero-order valence-electron chi connectivity index (χ0n) is 15.8. The molecule has 1 atom stereocenters. The number of nitrogens with one attached hydrogen (secondary N) is 2. The zero-order valence-corrected chi connectivity index (χ0v) is 18.3. The number of amidine groups is 1. The van der Waals surface area contributed by atoms with Crippen LogP contribution in [0.3, 0.4) is 0 Å². The maximum absolute atomic E-state index is 12.5. The molecule has 1 aliphatic heterocycles. The standard InChI is InChI=1S/C21H21N3O2S3.2H2/c1-15-12-17-13-18(24-29(25,26)20-8-5-11-27-20)9-10-19(17)23-21(28-15)22-14-16-6-3-2-4-7-16;;/h2-11,13,15,24H,12,14H2,1H3,(H,22,23);2*1H. The van der Waals surface area contributed by atoms with Crippen molar-refractivity contribution in [3.8, 4) is 0 Å². The second kappa shape index (κ2) is 8.61. The molecule has 2 heterocycles. The van der Waals surface area contributed by atoms with Crippen molar-refractivity contribution in [1.29, 1.82) is 0 Å². The summed E-state index contributed by atoms with van der Waals surface area (Å²) < 4.78 is 28.0. The Morgan fingerprint density at radius 2 is 2.00 bits per heavy atom. The molecule has 2 N–H and O–H groups in total. The topological polar surface area (TPSA) is 70.6 Å². The van der Waals surface area contributed by atoms with Crippen LogP contribution in [0.5, 0.6) is 0 Å². The van der Waals surface area contributed by atoms with Gasteiger partial charge < -0.3 is 5.32 Å². The van der Waals surface area contributed by atoms with Gasteiger partial charge in [0.25, 0.3) is 10.0 Å². The highest BCUT2D eigenvalue weighted by molar-refractivity contribution is 8.14. The fourth-order valence-corrected chi connectivity index (χ4v) is 6.07. The number of aliphatic imine (C=N–C) groups is 1. The van der Waals surface area contributed by atoms with Crippen molar-refractivity contribution < 1.29 is 11.3 Å². The first-order valence-electron chi connectivity index (χ1n) is 9.21. The molecule has 0 amide bonds. The van der Waals surface area contributed by atoms with Gasteiger partial charge in [-0.2, -0.15) is 0 Å². The van der Waals surface area contributed by atoms with Crippen LogP contribution in [-0.2, 0) is 23.0 Å². The summed E-state index contributed by atoms with van der Waals surface area (Å²) in [5.41, 5.74) is 3.77. The average molecular weight is 448 g/mol. The minimum atomic E-state index is -3.55. The van der Waals surface area contributed by atoms with Crippen molar-refractivity contribution in [3.63, 3.8) is 0 Å². The zero-order chi connectivity index (χ0) is 20.3. The third-order valence-electron chi connectivity index (χ3n) is 4.43. The second-order valence-corrected chi connectivity index (χ2v) is 11.1. The van der Waals surface area contributed by atoms with E-state index in [1.807, 2.05) is 30.3 Å². The first-order chi connectivity index (χ1) is 14.0. The van der Waals surface area contributed by atoms with E-state index in [2.05, 4.69) is 29.1 Å². The molecule has 4 rings (SSSR count). The van der Waals surface area contributed by atoms with E-state index in [-0.39, 0.29) is 2.85 Å². The van der Waals surface area contributed by atoms with Crippen LogP contribution >= 0.6 is 23.1 Å². The van der Waals surface area contributed by atoms with Crippen LogP contribution in [0.15, 0.2) is 75.2 Å². The number of anilines is 2. The molecule has 1 aromatic heterocycles. The van der Waals surface area contributed by atoms with Crippen LogP contribution in [0.25, 0.3) is 0 Å². The summed E-state index contributed by atoms with van der Waals surface area (Å²) in [6.07, 6.45) is 0.825. The lowest BCUT2D eigenvalue weighted by atomic mass is 10.1. The van der Waals surface area contributed by atoms with Gasteiger partial charge in [-0.05, 0) is 47.2 Å². The number of benzene rings is 2. The Morgan fingerprint density at radius 1 is 1.17 bits per heavy atom. The molecule has 3 aromatic rings. The van der Waals surface area contributed by atoms with Crippen molar-refractivity contribution in [2.45, 2.75) is 29.3 Å². The van der Waals surface area contributed by atoms with Crippen molar-refractivity contribution in [2.24, 2.45) is 4.99 Å². The molecule has 0 bridgehead atoms. The molecular weight excluding hydrogens is 422 g/mol. The molecule has 0 fully saturated rings. The summed E-state index contributed by atoms with van der Waals surface area (Å²) in [5.74, 6) is 0. The Hall–Kier alpha value is -2.29.